The van der Waals surface area contributed by atoms with Gasteiger partial charge in [0.1, 0.15) is 13.2 Å². The third-order valence-corrected chi connectivity index (χ3v) is 2.81. The first-order valence-electron chi connectivity index (χ1n) is 5.69. The summed E-state index contributed by atoms with van der Waals surface area (Å²) < 4.78 is 53.4. The molecule has 0 saturated carbocycles. The van der Waals surface area contributed by atoms with Crippen LogP contribution in [0.15, 0.2) is 22.7 Å². The van der Waals surface area contributed by atoms with Gasteiger partial charge in [-0.05, 0) is 17.7 Å². The van der Waals surface area contributed by atoms with E-state index in [9.17, 15) is 13.2 Å². The number of hydrogen-bond donors (Lipinski definition) is 1. The molecule has 2 heterocycles. The fourth-order valence-electron chi connectivity index (χ4n) is 1.97. The van der Waals surface area contributed by atoms with E-state index in [1.807, 2.05) is 0 Å². The number of fused-ring (bicyclic) bond motifs is 1. The SMILES string of the molecule is Nc1noc(C(F)(F)F)c1-c1ccc2c(c1)OCCO2. The van der Waals surface area contributed by atoms with Crippen LogP contribution < -0.4 is 15.2 Å². The van der Waals surface area contributed by atoms with Crippen molar-refractivity contribution in [2.75, 3.05) is 18.9 Å². The Kier molecular flexibility index (Phi) is 2.73. The summed E-state index contributed by atoms with van der Waals surface area (Å²) >= 11 is 0. The van der Waals surface area contributed by atoms with Crippen molar-refractivity contribution >= 4 is 5.82 Å². The van der Waals surface area contributed by atoms with Crippen molar-refractivity contribution in [1.29, 1.82) is 0 Å². The zero-order valence-corrected chi connectivity index (χ0v) is 10.0. The molecule has 5 nitrogen and oxygen atoms in total. The van der Waals surface area contributed by atoms with Gasteiger partial charge in [-0.3, -0.25) is 0 Å². The van der Waals surface area contributed by atoms with E-state index in [0.29, 0.717) is 24.7 Å². The summed E-state index contributed by atoms with van der Waals surface area (Å²) in [4.78, 5) is 0. The molecule has 0 spiro atoms. The second kappa shape index (κ2) is 4.32. The van der Waals surface area contributed by atoms with Gasteiger partial charge in [0.25, 0.3) is 0 Å². The maximum Gasteiger partial charge on any atom is 0.453 e. The van der Waals surface area contributed by atoms with E-state index in [4.69, 9.17) is 15.2 Å². The van der Waals surface area contributed by atoms with Crippen LogP contribution in [0.1, 0.15) is 5.76 Å². The number of nitrogen functional groups attached to an aromatic ring is 1. The number of rotatable bonds is 1. The second-order valence-corrected chi connectivity index (χ2v) is 4.13. The monoisotopic (exact) mass is 286 g/mol. The predicted octanol–water partition coefficient (Wildman–Crippen LogP) is 2.71. The van der Waals surface area contributed by atoms with Crippen molar-refractivity contribution in [3.05, 3.63) is 24.0 Å². The zero-order valence-electron chi connectivity index (χ0n) is 10.0. The molecule has 0 unspecified atom stereocenters. The van der Waals surface area contributed by atoms with Crippen LogP contribution >= 0.6 is 0 Å². The number of aromatic nitrogens is 1. The molecular weight excluding hydrogens is 277 g/mol. The highest BCUT2D eigenvalue weighted by atomic mass is 19.4. The average molecular weight is 286 g/mol. The van der Waals surface area contributed by atoms with E-state index >= 15 is 0 Å². The molecule has 1 aromatic carbocycles. The summed E-state index contributed by atoms with van der Waals surface area (Å²) in [6, 6.07) is 4.40. The quantitative estimate of drug-likeness (QED) is 0.872. The molecule has 0 aliphatic carbocycles. The second-order valence-electron chi connectivity index (χ2n) is 4.13. The Labute approximate surface area is 111 Å². The van der Waals surface area contributed by atoms with E-state index in [1.165, 1.54) is 18.2 Å². The summed E-state index contributed by atoms with van der Waals surface area (Å²) in [7, 11) is 0. The van der Waals surface area contributed by atoms with Crippen molar-refractivity contribution in [2.45, 2.75) is 6.18 Å². The minimum absolute atomic E-state index is 0.209. The normalized spacial score (nSPS) is 14.3. The van der Waals surface area contributed by atoms with Crippen molar-refractivity contribution in [1.82, 2.24) is 5.16 Å². The molecule has 0 amide bonds. The Morgan fingerprint density at radius 3 is 2.50 bits per heavy atom. The lowest BCUT2D eigenvalue weighted by Gasteiger charge is -2.18. The van der Waals surface area contributed by atoms with Gasteiger partial charge in [-0.1, -0.05) is 11.2 Å². The van der Waals surface area contributed by atoms with Gasteiger partial charge in [0.2, 0.25) is 5.76 Å². The van der Waals surface area contributed by atoms with Crippen LogP contribution in [-0.2, 0) is 6.18 Å². The lowest BCUT2D eigenvalue weighted by atomic mass is 10.0. The molecule has 2 N–H and O–H groups in total. The van der Waals surface area contributed by atoms with Crippen LogP contribution in [-0.4, -0.2) is 18.4 Å². The molecule has 2 aromatic rings. The van der Waals surface area contributed by atoms with Gasteiger partial charge >= 0.3 is 6.18 Å². The Morgan fingerprint density at radius 2 is 1.80 bits per heavy atom. The largest absolute Gasteiger partial charge is 0.486 e. The molecule has 0 bridgehead atoms. The van der Waals surface area contributed by atoms with Gasteiger partial charge in [0.15, 0.2) is 17.3 Å². The number of ether oxygens (including phenoxy) is 2. The first-order chi connectivity index (χ1) is 9.47. The first kappa shape index (κ1) is 12.6. The standard InChI is InChI=1S/C12H9F3N2O3/c13-12(14,15)10-9(11(16)17-20-10)6-1-2-7-8(5-6)19-4-3-18-7/h1-2,5H,3-4H2,(H2,16,17). The number of anilines is 1. The summed E-state index contributed by atoms with van der Waals surface area (Å²) in [6.45, 7) is 0.733. The van der Waals surface area contributed by atoms with Crippen molar-refractivity contribution < 1.29 is 27.2 Å². The zero-order chi connectivity index (χ0) is 14.3. The van der Waals surface area contributed by atoms with Crippen molar-refractivity contribution in [3.63, 3.8) is 0 Å². The molecule has 1 aliphatic heterocycles. The summed E-state index contributed by atoms with van der Waals surface area (Å²) in [5.74, 6) is -0.716. The highest BCUT2D eigenvalue weighted by molar-refractivity contribution is 5.77. The van der Waals surface area contributed by atoms with Gasteiger partial charge in [0.05, 0.1) is 5.56 Å². The van der Waals surface area contributed by atoms with E-state index in [2.05, 4.69) is 9.68 Å². The third kappa shape index (κ3) is 2.02. The van der Waals surface area contributed by atoms with E-state index in [0.717, 1.165) is 0 Å². The summed E-state index contributed by atoms with van der Waals surface area (Å²) in [5.41, 5.74) is 5.38. The maximum atomic E-state index is 12.8. The van der Waals surface area contributed by atoms with Gasteiger partial charge in [-0.15, -0.1) is 0 Å². The van der Waals surface area contributed by atoms with Crippen LogP contribution in [0.4, 0.5) is 19.0 Å². The molecule has 0 saturated heterocycles. The number of benzene rings is 1. The lowest BCUT2D eigenvalue weighted by Crippen LogP contribution is -2.15. The van der Waals surface area contributed by atoms with Crippen molar-refractivity contribution in [3.8, 4) is 22.6 Å². The molecule has 106 valence electrons. The molecule has 0 atom stereocenters. The van der Waals surface area contributed by atoms with Crippen LogP contribution in [0.2, 0.25) is 0 Å². The van der Waals surface area contributed by atoms with Crippen LogP contribution in [0.3, 0.4) is 0 Å². The van der Waals surface area contributed by atoms with Gasteiger partial charge in [0, 0.05) is 0 Å². The van der Waals surface area contributed by atoms with Gasteiger partial charge in [-0.2, -0.15) is 13.2 Å². The van der Waals surface area contributed by atoms with Crippen molar-refractivity contribution in [2.24, 2.45) is 0 Å². The third-order valence-electron chi connectivity index (χ3n) is 2.81. The average Bonchev–Trinajstić information content (AvgIpc) is 2.80. The van der Waals surface area contributed by atoms with Crippen LogP contribution in [0.25, 0.3) is 11.1 Å². The Bertz CT molecular complexity index is 652. The van der Waals surface area contributed by atoms with Gasteiger partial charge in [-0.25, -0.2) is 0 Å². The number of nitrogens with two attached hydrogens (primary N) is 1. The minimum atomic E-state index is -4.67. The smallest absolute Gasteiger partial charge is 0.453 e. The minimum Gasteiger partial charge on any atom is -0.486 e. The molecule has 1 aromatic heterocycles. The summed E-state index contributed by atoms with van der Waals surface area (Å²) in [5, 5.41) is 3.18. The van der Waals surface area contributed by atoms with Gasteiger partial charge < -0.3 is 19.7 Å². The predicted molar refractivity (Wildman–Crippen MR) is 62.3 cm³/mol. The number of nitrogens with zero attached hydrogens (tertiary/aromatic N) is 1. The molecule has 0 radical (unpaired) electrons. The molecule has 0 fully saturated rings. The molecule has 3 rings (SSSR count). The highest BCUT2D eigenvalue weighted by Gasteiger charge is 2.40. The van der Waals surface area contributed by atoms with Crippen LogP contribution in [0.5, 0.6) is 11.5 Å². The molecule has 20 heavy (non-hydrogen) atoms. The fourth-order valence-corrected chi connectivity index (χ4v) is 1.97. The molecular formula is C12H9F3N2O3. The molecule has 8 heteroatoms. The topological polar surface area (TPSA) is 70.5 Å². The summed E-state index contributed by atoms with van der Waals surface area (Å²) in [6.07, 6.45) is -4.67. The Hall–Kier alpha value is -2.38. The van der Waals surface area contributed by atoms with E-state index < -0.39 is 11.9 Å². The first-order valence-corrected chi connectivity index (χ1v) is 5.69. The highest BCUT2D eigenvalue weighted by Crippen LogP contribution is 2.42. The van der Waals surface area contributed by atoms with Crippen LogP contribution in [0, 0.1) is 0 Å². The Balaban J connectivity index is 2.12. The van der Waals surface area contributed by atoms with E-state index in [1.54, 1.807) is 0 Å². The molecule has 1 aliphatic rings. The number of alkyl halides is 3. The Morgan fingerprint density at radius 1 is 1.10 bits per heavy atom. The fraction of sp³-hybridized carbons (Fsp3) is 0.250. The lowest BCUT2D eigenvalue weighted by molar-refractivity contribution is -0.154. The number of hydrogen-bond acceptors (Lipinski definition) is 5. The number of halogens is 3. The van der Waals surface area contributed by atoms with E-state index in [-0.39, 0.29) is 16.9 Å². The maximum absolute atomic E-state index is 12.8.